The second kappa shape index (κ2) is 9.56. The predicted molar refractivity (Wildman–Crippen MR) is 117 cm³/mol. The molecule has 1 saturated heterocycles. The van der Waals surface area contributed by atoms with Crippen LogP contribution in [0.3, 0.4) is 0 Å². The van der Waals surface area contributed by atoms with Crippen LogP contribution in [-0.2, 0) is 21.4 Å². The molecule has 9 heteroatoms. The summed E-state index contributed by atoms with van der Waals surface area (Å²) in [4.78, 5) is 14.6. The molecule has 3 rings (SSSR count). The minimum Gasteiger partial charge on any atom is -0.497 e. The third kappa shape index (κ3) is 5.09. The molecule has 0 bridgehead atoms. The normalized spacial score (nSPS) is 17.5. The fourth-order valence-electron chi connectivity index (χ4n) is 3.57. The van der Waals surface area contributed by atoms with Crippen LogP contribution in [-0.4, -0.2) is 50.8 Å². The number of carbonyl (C=O) groups excluding carboxylic acids is 1. The molecule has 0 aliphatic carbocycles. The summed E-state index contributed by atoms with van der Waals surface area (Å²) in [6, 6.07) is 11.9. The van der Waals surface area contributed by atoms with E-state index in [-0.39, 0.29) is 22.4 Å². The van der Waals surface area contributed by atoms with Crippen molar-refractivity contribution in [2.45, 2.75) is 24.3 Å². The summed E-state index contributed by atoms with van der Waals surface area (Å²) in [5.41, 5.74) is 0.970. The van der Waals surface area contributed by atoms with Crippen molar-refractivity contribution in [2.24, 2.45) is 5.92 Å². The van der Waals surface area contributed by atoms with Crippen molar-refractivity contribution in [2.75, 3.05) is 27.2 Å². The summed E-state index contributed by atoms with van der Waals surface area (Å²) >= 11 is 12.1. The molecule has 162 valence electrons. The van der Waals surface area contributed by atoms with E-state index in [9.17, 15) is 13.2 Å². The van der Waals surface area contributed by atoms with E-state index in [0.717, 1.165) is 11.3 Å². The summed E-state index contributed by atoms with van der Waals surface area (Å²) in [5.74, 6) is 0.262. The van der Waals surface area contributed by atoms with Crippen LogP contribution in [0.5, 0.6) is 5.75 Å². The molecule has 1 unspecified atom stereocenters. The highest BCUT2D eigenvalue weighted by atomic mass is 35.5. The summed E-state index contributed by atoms with van der Waals surface area (Å²) in [7, 11) is -0.510. The lowest BCUT2D eigenvalue weighted by Gasteiger charge is -2.33. The van der Waals surface area contributed by atoms with Crippen LogP contribution in [0.1, 0.15) is 18.4 Å². The number of rotatable bonds is 6. The average molecular weight is 471 g/mol. The van der Waals surface area contributed by atoms with E-state index >= 15 is 0 Å². The third-order valence-corrected chi connectivity index (χ3v) is 7.78. The van der Waals surface area contributed by atoms with Gasteiger partial charge in [-0.25, -0.2) is 8.42 Å². The minimum absolute atomic E-state index is 0.0312. The maximum absolute atomic E-state index is 13.1. The molecule has 0 spiro atoms. The molecule has 0 saturated carbocycles. The lowest BCUT2D eigenvalue weighted by atomic mass is 9.98. The number of amides is 1. The van der Waals surface area contributed by atoms with E-state index in [1.54, 1.807) is 25.1 Å². The Labute approximate surface area is 187 Å². The molecule has 0 aromatic heterocycles. The topological polar surface area (TPSA) is 66.9 Å². The van der Waals surface area contributed by atoms with Crippen LogP contribution in [0.4, 0.5) is 0 Å². The van der Waals surface area contributed by atoms with Gasteiger partial charge >= 0.3 is 0 Å². The van der Waals surface area contributed by atoms with E-state index in [1.165, 1.54) is 16.4 Å². The Kier molecular flexibility index (Phi) is 7.29. The van der Waals surface area contributed by atoms with E-state index in [1.807, 2.05) is 24.3 Å². The number of methoxy groups -OCH3 is 1. The van der Waals surface area contributed by atoms with Crippen LogP contribution in [0.2, 0.25) is 10.0 Å². The summed E-state index contributed by atoms with van der Waals surface area (Å²) in [6.45, 7) is 0.903. The molecule has 30 heavy (non-hydrogen) atoms. The first-order valence-electron chi connectivity index (χ1n) is 9.55. The van der Waals surface area contributed by atoms with Gasteiger partial charge in [-0.05, 0) is 48.7 Å². The van der Waals surface area contributed by atoms with E-state index in [2.05, 4.69) is 0 Å². The van der Waals surface area contributed by atoms with E-state index < -0.39 is 15.9 Å². The number of halogens is 2. The van der Waals surface area contributed by atoms with Crippen molar-refractivity contribution in [3.63, 3.8) is 0 Å². The number of carbonyl (C=O) groups is 1. The number of piperidine rings is 1. The van der Waals surface area contributed by atoms with Crippen LogP contribution < -0.4 is 4.74 Å². The van der Waals surface area contributed by atoms with Gasteiger partial charge in [0.25, 0.3) is 0 Å². The fourth-order valence-corrected chi connectivity index (χ4v) is 5.83. The van der Waals surface area contributed by atoms with Crippen molar-refractivity contribution in [1.82, 2.24) is 9.21 Å². The van der Waals surface area contributed by atoms with Gasteiger partial charge in [-0.3, -0.25) is 4.79 Å². The first-order chi connectivity index (χ1) is 14.2. The first-order valence-corrected chi connectivity index (χ1v) is 11.7. The van der Waals surface area contributed by atoms with Gasteiger partial charge in [-0.1, -0.05) is 35.3 Å². The van der Waals surface area contributed by atoms with Gasteiger partial charge in [0.1, 0.15) is 10.6 Å². The molecular formula is C21H24Cl2N2O4S. The molecule has 2 aromatic carbocycles. The van der Waals surface area contributed by atoms with Gasteiger partial charge in [-0.15, -0.1) is 0 Å². The number of ether oxygens (including phenoxy) is 1. The Hall–Kier alpha value is -1.80. The Balaban J connectivity index is 1.71. The van der Waals surface area contributed by atoms with E-state index in [0.29, 0.717) is 31.0 Å². The quantitative estimate of drug-likeness (QED) is 0.638. The zero-order valence-electron chi connectivity index (χ0n) is 16.8. The Morgan fingerprint density at radius 1 is 1.20 bits per heavy atom. The predicted octanol–water partition coefficient (Wildman–Crippen LogP) is 4.06. The van der Waals surface area contributed by atoms with Crippen LogP contribution in [0, 0.1) is 5.92 Å². The summed E-state index contributed by atoms with van der Waals surface area (Å²) in [5, 5.41) is 0.409. The molecule has 1 amide bonds. The molecule has 1 aliphatic heterocycles. The van der Waals surface area contributed by atoms with Crippen molar-refractivity contribution in [1.29, 1.82) is 0 Å². The summed E-state index contributed by atoms with van der Waals surface area (Å²) < 4.78 is 32.7. The lowest BCUT2D eigenvalue weighted by Crippen LogP contribution is -2.45. The third-order valence-electron chi connectivity index (χ3n) is 5.20. The highest BCUT2D eigenvalue weighted by Crippen LogP contribution is 2.31. The van der Waals surface area contributed by atoms with Gasteiger partial charge in [0.15, 0.2) is 0 Å². The average Bonchev–Trinajstić information content (AvgIpc) is 2.75. The molecule has 6 nitrogen and oxygen atoms in total. The molecule has 1 heterocycles. The number of hydrogen-bond acceptors (Lipinski definition) is 4. The molecular weight excluding hydrogens is 447 g/mol. The Morgan fingerprint density at radius 2 is 1.90 bits per heavy atom. The molecule has 1 aliphatic rings. The Morgan fingerprint density at radius 3 is 2.57 bits per heavy atom. The SMILES string of the molecule is COc1ccc(CN(C)C(=O)C2CCCN(S(=O)(=O)c3cc(Cl)ccc3Cl)C2)cc1. The van der Waals surface area contributed by atoms with Gasteiger partial charge in [0.2, 0.25) is 15.9 Å². The molecule has 1 atom stereocenters. The smallest absolute Gasteiger partial charge is 0.244 e. The van der Waals surface area contributed by atoms with Crippen molar-refractivity contribution < 1.29 is 17.9 Å². The molecule has 1 fully saturated rings. The zero-order valence-corrected chi connectivity index (χ0v) is 19.2. The highest BCUT2D eigenvalue weighted by molar-refractivity contribution is 7.89. The van der Waals surface area contributed by atoms with Gasteiger partial charge in [0.05, 0.1) is 18.1 Å². The van der Waals surface area contributed by atoms with Crippen molar-refractivity contribution >= 4 is 39.1 Å². The van der Waals surface area contributed by atoms with Crippen molar-refractivity contribution in [3.8, 4) is 5.75 Å². The highest BCUT2D eigenvalue weighted by Gasteiger charge is 2.35. The van der Waals surface area contributed by atoms with Crippen LogP contribution >= 0.6 is 23.2 Å². The molecule has 0 radical (unpaired) electrons. The number of nitrogens with zero attached hydrogens (tertiary/aromatic N) is 2. The van der Waals surface area contributed by atoms with Gasteiger partial charge in [-0.2, -0.15) is 4.31 Å². The maximum atomic E-state index is 13.1. The van der Waals surface area contributed by atoms with Gasteiger partial charge in [0, 0.05) is 31.7 Å². The first kappa shape index (κ1) is 22.9. The largest absolute Gasteiger partial charge is 0.497 e. The summed E-state index contributed by atoms with van der Waals surface area (Å²) in [6.07, 6.45) is 1.24. The van der Waals surface area contributed by atoms with Crippen molar-refractivity contribution in [3.05, 3.63) is 58.1 Å². The molecule has 0 N–H and O–H groups in total. The zero-order chi connectivity index (χ0) is 21.9. The van der Waals surface area contributed by atoms with Crippen LogP contribution in [0.25, 0.3) is 0 Å². The molecule has 2 aromatic rings. The number of sulfonamides is 1. The van der Waals surface area contributed by atoms with E-state index in [4.69, 9.17) is 27.9 Å². The monoisotopic (exact) mass is 470 g/mol. The number of hydrogen-bond donors (Lipinski definition) is 0. The standard InChI is InChI=1S/C21H24Cl2N2O4S/c1-24(13-15-5-8-18(29-2)9-6-15)21(26)16-4-3-11-25(14-16)30(27,28)20-12-17(22)7-10-19(20)23/h5-10,12,16H,3-4,11,13-14H2,1-2H3. The lowest BCUT2D eigenvalue weighted by molar-refractivity contribution is -0.135. The minimum atomic E-state index is -3.84. The second-order valence-electron chi connectivity index (χ2n) is 7.32. The second-order valence-corrected chi connectivity index (χ2v) is 10.1. The number of benzene rings is 2. The Bertz CT molecular complexity index is 1010. The van der Waals surface area contributed by atoms with Crippen LogP contribution in [0.15, 0.2) is 47.4 Å². The fraction of sp³-hybridized carbons (Fsp3) is 0.381. The maximum Gasteiger partial charge on any atom is 0.244 e. The van der Waals surface area contributed by atoms with Gasteiger partial charge < -0.3 is 9.64 Å².